The molecule has 0 atom stereocenters. The highest BCUT2D eigenvalue weighted by Gasteiger charge is 2.16. The maximum atomic E-state index is 12.3. The first-order valence-corrected chi connectivity index (χ1v) is 9.46. The number of nitrogens with zero attached hydrogens (tertiary/aromatic N) is 1. The van der Waals surface area contributed by atoms with Gasteiger partial charge in [0.05, 0.1) is 23.5 Å². The van der Waals surface area contributed by atoms with Gasteiger partial charge in [-0.05, 0) is 24.6 Å². The number of thiazole rings is 1. The van der Waals surface area contributed by atoms with Gasteiger partial charge in [0.15, 0.2) is 20.6 Å². The van der Waals surface area contributed by atoms with Crippen LogP contribution in [-0.4, -0.2) is 13.4 Å². The summed E-state index contributed by atoms with van der Waals surface area (Å²) >= 11 is 1.39. The van der Waals surface area contributed by atoms with Crippen LogP contribution in [0, 0.1) is 6.92 Å². The predicted molar refractivity (Wildman–Crippen MR) is 87.3 cm³/mol. The Balaban J connectivity index is 1.74. The SMILES string of the molecule is Cc1cccc(CS(=O)(=O)Cc2csc(-c3ccco3)n2)c1. The summed E-state index contributed by atoms with van der Waals surface area (Å²) in [5, 5.41) is 2.47. The smallest absolute Gasteiger partial charge is 0.162 e. The molecule has 3 rings (SSSR count). The van der Waals surface area contributed by atoms with Crippen LogP contribution in [0.25, 0.3) is 10.8 Å². The van der Waals surface area contributed by atoms with Crippen molar-refractivity contribution in [2.75, 3.05) is 0 Å². The van der Waals surface area contributed by atoms with Crippen molar-refractivity contribution >= 4 is 21.2 Å². The molecule has 6 heteroatoms. The maximum Gasteiger partial charge on any atom is 0.162 e. The Bertz CT molecular complexity index is 864. The molecule has 4 nitrogen and oxygen atoms in total. The third kappa shape index (κ3) is 3.64. The predicted octanol–water partition coefficient (Wildman–Crippen LogP) is 3.83. The fraction of sp³-hybridized carbons (Fsp3) is 0.188. The minimum atomic E-state index is -3.25. The van der Waals surface area contributed by atoms with Gasteiger partial charge in [-0.3, -0.25) is 0 Å². The van der Waals surface area contributed by atoms with Crippen molar-refractivity contribution in [3.63, 3.8) is 0 Å². The molecule has 0 saturated heterocycles. The number of furan rings is 1. The number of rotatable bonds is 5. The molecule has 0 saturated carbocycles. The van der Waals surface area contributed by atoms with Crippen LogP contribution in [0.4, 0.5) is 0 Å². The lowest BCUT2D eigenvalue weighted by atomic mass is 10.2. The molecule has 0 fully saturated rings. The Kier molecular flexibility index (Phi) is 4.13. The summed E-state index contributed by atoms with van der Waals surface area (Å²) < 4.78 is 29.9. The molecule has 3 aromatic rings. The summed E-state index contributed by atoms with van der Waals surface area (Å²) in [5.74, 6) is 0.632. The molecule has 0 aliphatic rings. The molecular weight excluding hydrogens is 318 g/mol. The van der Waals surface area contributed by atoms with E-state index in [1.807, 2.05) is 37.3 Å². The number of hydrogen-bond donors (Lipinski definition) is 0. The molecule has 114 valence electrons. The van der Waals surface area contributed by atoms with Gasteiger partial charge in [0.2, 0.25) is 0 Å². The van der Waals surface area contributed by atoms with Crippen LogP contribution in [0.15, 0.2) is 52.5 Å². The Morgan fingerprint density at radius 2 is 2.05 bits per heavy atom. The number of aromatic nitrogens is 1. The molecule has 22 heavy (non-hydrogen) atoms. The van der Waals surface area contributed by atoms with Crippen molar-refractivity contribution in [2.24, 2.45) is 0 Å². The van der Waals surface area contributed by atoms with E-state index in [2.05, 4.69) is 4.98 Å². The highest BCUT2D eigenvalue weighted by molar-refractivity contribution is 7.89. The summed E-state index contributed by atoms with van der Waals surface area (Å²) in [6.45, 7) is 1.95. The zero-order valence-corrected chi connectivity index (χ0v) is 13.7. The lowest BCUT2D eigenvalue weighted by molar-refractivity contribution is 0.581. The van der Waals surface area contributed by atoms with Crippen LogP contribution in [0.2, 0.25) is 0 Å². The van der Waals surface area contributed by atoms with Gasteiger partial charge in [-0.15, -0.1) is 11.3 Å². The van der Waals surface area contributed by atoms with E-state index >= 15 is 0 Å². The van der Waals surface area contributed by atoms with E-state index in [9.17, 15) is 8.42 Å². The molecule has 0 amide bonds. The highest BCUT2D eigenvalue weighted by atomic mass is 32.2. The zero-order chi connectivity index (χ0) is 15.6. The Morgan fingerprint density at radius 3 is 2.77 bits per heavy atom. The number of sulfone groups is 1. The fourth-order valence-electron chi connectivity index (χ4n) is 2.22. The quantitative estimate of drug-likeness (QED) is 0.712. The van der Waals surface area contributed by atoms with Gasteiger partial charge in [-0.1, -0.05) is 29.8 Å². The van der Waals surface area contributed by atoms with Gasteiger partial charge in [0.1, 0.15) is 0 Å². The third-order valence-electron chi connectivity index (χ3n) is 3.12. The molecule has 0 unspecified atom stereocenters. The highest BCUT2D eigenvalue weighted by Crippen LogP contribution is 2.25. The first-order valence-electron chi connectivity index (χ1n) is 6.76. The van der Waals surface area contributed by atoms with Crippen LogP contribution < -0.4 is 0 Å². The Labute approximate surface area is 133 Å². The van der Waals surface area contributed by atoms with Crippen LogP contribution in [-0.2, 0) is 21.3 Å². The summed E-state index contributed by atoms with van der Waals surface area (Å²) in [6.07, 6.45) is 1.57. The van der Waals surface area contributed by atoms with E-state index in [1.165, 1.54) is 11.3 Å². The molecular formula is C16H15NO3S2. The molecule has 0 spiro atoms. The minimum absolute atomic E-state index is 0.0301. The van der Waals surface area contributed by atoms with Crippen molar-refractivity contribution in [1.82, 2.24) is 4.98 Å². The van der Waals surface area contributed by atoms with Gasteiger partial charge < -0.3 is 4.42 Å². The molecule has 2 heterocycles. The standard InChI is InChI=1S/C16H15NO3S2/c1-12-4-2-5-13(8-12)10-22(18,19)11-14-9-21-16(17-14)15-6-3-7-20-15/h2-9H,10-11H2,1H3. The summed E-state index contributed by atoms with van der Waals surface area (Å²) in [6, 6.07) is 11.1. The van der Waals surface area contributed by atoms with Gasteiger partial charge in [-0.2, -0.15) is 0 Å². The zero-order valence-electron chi connectivity index (χ0n) is 12.0. The van der Waals surface area contributed by atoms with Crippen molar-refractivity contribution < 1.29 is 12.8 Å². The van der Waals surface area contributed by atoms with E-state index in [0.29, 0.717) is 16.5 Å². The van der Waals surface area contributed by atoms with Crippen molar-refractivity contribution in [3.8, 4) is 10.8 Å². The van der Waals surface area contributed by atoms with Crippen LogP contribution in [0.1, 0.15) is 16.8 Å². The van der Waals surface area contributed by atoms with Gasteiger partial charge >= 0.3 is 0 Å². The topological polar surface area (TPSA) is 60.2 Å². The Hall–Kier alpha value is -1.92. The second-order valence-electron chi connectivity index (χ2n) is 5.14. The molecule has 0 aliphatic carbocycles. The molecule has 1 aromatic carbocycles. The van der Waals surface area contributed by atoms with E-state index in [0.717, 1.165) is 11.1 Å². The van der Waals surface area contributed by atoms with Crippen molar-refractivity contribution in [1.29, 1.82) is 0 Å². The Morgan fingerprint density at radius 1 is 1.18 bits per heavy atom. The average Bonchev–Trinajstić information content (AvgIpc) is 3.07. The summed E-state index contributed by atoms with van der Waals surface area (Å²) in [4.78, 5) is 4.34. The largest absolute Gasteiger partial charge is 0.462 e. The minimum Gasteiger partial charge on any atom is -0.462 e. The maximum absolute atomic E-state index is 12.3. The van der Waals surface area contributed by atoms with Crippen LogP contribution >= 0.6 is 11.3 Å². The summed E-state index contributed by atoms with van der Waals surface area (Å²) in [7, 11) is -3.25. The molecule has 2 aromatic heterocycles. The van der Waals surface area contributed by atoms with Crippen molar-refractivity contribution in [2.45, 2.75) is 18.4 Å². The monoisotopic (exact) mass is 333 g/mol. The van der Waals surface area contributed by atoms with Gasteiger partial charge in [-0.25, -0.2) is 13.4 Å². The fourth-order valence-corrected chi connectivity index (χ4v) is 4.50. The number of aryl methyl sites for hydroxylation is 1. The van der Waals surface area contributed by atoms with Crippen molar-refractivity contribution in [3.05, 3.63) is 64.9 Å². The second-order valence-corrected chi connectivity index (χ2v) is 8.07. The van der Waals surface area contributed by atoms with E-state index in [1.54, 1.807) is 17.7 Å². The van der Waals surface area contributed by atoms with E-state index in [4.69, 9.17) is 4.42 Å². The number of hydrogen-bond acceptors (Lipinski definition) is 5. The first kappa shape index (κ1) is 15.0. The first-order chi connectivity index (χ1) is 10.5. The van der Waals surface area contributed by atoms with E-state index in [-0.39, 0.29) is 11.5 Å². The number of benzene rings is 1. The van der Waals surface area contributed by atoms with E-state index < -0.39 is 9.84 Å². The average molecular weight is 333 g/mol. The third-order valence-corrected chi connectivity index (χ3v) is 5.53. The summed E-state index contributed by atoms with van der Waals surface area (Å²) in [5.41, 5.74) is 2.42. The van der Waals surface area contributed by atoms with Crippen LogP contribution in [0.3, 0.4) is 0 Å². The van der Waals surface area contributed by atoms with Gasteiger partial charge in [0, 0.05) is 5.38 Å². The molecule has 0 N–H and O–H groups in total. The van der Waals surface area contributed by atoms with Gasteiger partial charge in [0.25, 0.3) is 0 Å². The lowest BCUT2D eigenvalue weighted by Gasteiger charge is -2.04. The second kappa shape index (κ2) is 6.06. The van der Waals surface area contributed by atoms with Crippen LogP contribution in [0.5, 0.6) is 0 Å². The molecule has 0 radical (unpaired) electrons. The lowest BCUT2D eigenvalue weighted by Crippen LogP contribution is -2.08. The molecule has 0 bridgehead atoms. The normalized spacial score (nSPS) is 11.7. The molecule has 0 aliphatic heterocycles.